The standard InChI is InChI=1S/C13H25NO3/c1-4-17-9-7-11-6-5-8-13(11,12(15)16)14-10(2)3/h10-11,14H,4-9H2,1-3H3,(H,15,16). The van der Waals surface area contributed by atoms with Gasteiger partial charge >= 0.3 is 5.97 Å². The lowest BCUT2D eigenvalue weighted by atomic mass is 9.84. The highest BCUT2D eigenvalue weighted by molar-refractivity contribution is 5.79. The molecule has 17 heavy (non-hydrogen) atoms. The molecule has 0 aromatic heterocycles. The van der Waals surface area contributed by atoms with E-state index in [0.717, 1.165) is 25.7 Å². The summed E-state index contributed by atoms with van der Waals surface area (Å²) in [6.07, 6.45) is 3.54. The maximum Gasteiger partial charge on any atom is 0.324 e. The Morgan fingerprint density at radius 3 is 2.82 bits per heavy atom. The van der Waals surface area contributed by atoms with Crippen LogP contribution in [0.15, 0.2) is 0 Å². The van der Waals surface area contributed by atoms with Gasteiger partial charge in [-0.1, -0.05) is 6.42 Å². The molecular weight excluding hydrogens is 218 g/mol. The Morgan fingerprint density at radius 1 is 1.59 bits per heavy atom. The first-order valence-electron chi connectivity index (χ1n) is 6.61. The van der Waals surface area contributed by atoms with Gasteiger partial charge in [0.25, 0.3) is 0 Å². The number of nitrogens with one attached hydrogen (secondary N) is 1. The fraction of sp³-hybridized carbons (Fsp3) is 0.923. The van der Waals surface area contributed by atoms with Gasteiger partial charge in [-0.05, 0) is 46.0 Å². The number of aliphatic carboxylic acids is 1. The lowest BCUT2D eigenvalue weighted by Crippen LogP contribution is -2.57. The molecule has 1 aliphatic rings. The molecule has 4 heteroatoms. The fourth-order valence-corrected chi connectivity index (χ4v) is 2.89. The van der Waals surface area contributed by atoms with E-state index in [-0.39, 0.29) is 12.0 Å². The van der Waals surface area contributed by atoms with Crippen molar-refractivity contribution in [1.29, 1.82) is 0 Å². The van der Waals surface area contributed by atoms with Crippen LogP contribution in [0, 0.1) is 5.92 Å². The van der Waals surface area contributed by atoms with Gasteiger partial charge in [0, 0.05) is 19.3 Å². The molecule has 0 radical (unpaired) electrons. The lowest BCUT2D eigenvalue weighted by molar-refractivity contribution is -0.147. The number of hydrogen-bond donors (Lipinski definition) is 2. The molecule has 1 rings (SSSR count). The minimum absolute atomic E-state index is 0.189. The number of rotatable bonds is 7. The van der Waals surface area contributed by atoms with Gasteiger partial charge in [-0.25, -0.2) is 0 Å². The number of carbonyl (C=O) groups is 1. The van der Waals surface area contributed by atoms with Gasteiger partial charge in [-0.2, -0.15) is 0 Å². The summed E-state index contributed by atoms with van der Waals surface area (Å²) in [6, 6.07) is 0.193. The van der Waals surface area contributed by atoms with Crippen LogP contribution in [0.25, 0.3) is 0 Å². The van der Waals surface area contributed by atoms with Gasteiger partial charge in [0.15, 0.2) is 0 Å². The second kappa shape index (κ2) is 6.36. The average Bonchev–Trinajstić information content (AvgIpc) is 2.62. The van der Waals surface area contributed by atoms with Crippen molar-refractivity contribution >= 4 is 5.97 Å². The SMILES string of the molecule is CCOCCC1CCCC1(NC(C)C)C(=O)O. The first-order chi connectivity index (χ1) is 8.03. The predicted octanol–water partition coefficient (Wildman–Crippen LogP) is 2.03. The van der Waals surface area contributed by atoms with Crippen molar-refractivity contribution in [3.63, 3.8) is 0 Å². The zero-order valence-corrected chi connectivity index (χ0v) is 11.2. The van der Waals surface area contributed by atoms with Gasteiger partial charge in [0.05, 0.1) is 0 Å². The van der Waals surface area contributed by atoms with Crippen molar-refractivity contribution in [2.24, 2.45) is 5.92 Å². The quantitative estimate of drug-likeness (QED) is 0.672. The van der Waals surface area contributed by atoms with Crippen molar-refractivity contribution in [2.75, 3.05) is 13.2 Å². The van der Waals surface area contributed by atoms with Crippen molar-refractivity contribution in [3.05, 3.63) is 0 Å². The highest BCUT2D eigenvalue weighted by atomic mass is 16.5. The molecule has 2 atom stereocenters. The summed E-state index contributed by atoms with van der Waals surface area (Å²) in [7, 11) is 0. The van der Waals surface area contributed by atoms with Crippen molar-refractivity contribution in [2.45, 2.75) is 58.0 Å². The molecule has 100 valence electrons. The van der Waals surface area contributed by atoms with E-state index in [0.29, 0.717) is 13.2 Å². The normalized spacial score (nSPS) is 28.8. The average molecular weight is 243 g/mol. The third-order valence-electron chi connectivity index (χ3n) is 3.56. The van der Waals surface area contributed by atoms with Gasteiger partial charge in [0.2, 0.25) is 0 Å². The van der Waals surface area contributed by atoms with Crippen LogP contribution in [0.4, 0.5) is 0 Å². The highest BCUT2D eigenvalue weighted by Crippen LogP contribution is 2.38. The number of ether oxygens (including phenoxy) is 1. The smallest absolute Gasteiger partial charge is 0.324 e. The molecule has 2 N–H and O–H groups in total. The third-order valence-corrected chi connectivity index (χ3v) is 3.56. The Hall–Kier alpha value is -0.610. The second-order valence-electron chi connectivity index (χ2n) is 5.15. The predicted molar refractivity (Wildman–Crippen MR) is 67.1 cm³/mol. The van der Waals surface area contributed by atoms with Gasteiger partial charge in [0.1, 0.15) is 5.54 Å². The van der Waals surface area contributed by atoms with Crippen LogP contribution in [-0.2, 0) is 9.53 Å². The number of carboxylic acid groups (broad SMARTS) is 1. The molecular formula is C13H25NO3. The highest BCUT2D eigenvalue weighted by Gasteiger charge is 2.48. The van der Waals surface area contributed by atoms with Crippen molar-refractivity contribution in [1.82, 2.24) is 5.32 Å². The van der Waals surface area contributed by atoms with Gasteiger partial charge < -0.3 is 9.84 Å². The molecule has 4 nitrogen and oxygen atoms in total. The van der Waals surface area contributed by atoms with Crippen LogP contribution >= 0.6 is 0 Å². The van der Waals surface area contributed by atoms with Crippen LogP contribution in [-0.4, -0.2) is 35.9 Å². The molecule has 0 bridgehead atoms. The first kappa shape index (κ1) is 14.5. The molecule has 0 spiro atoms. The zero-order valence-electron chi connectivity index (χ0n) is 11.2. The van der Waals surface area contributed by atoms with E-state index in [1.165, 1.54) is 0 Å². The van der Waals surface area contributed by atoms with E-state index in [1.54, 1.807) is 0 Å². The van der Waals surface area contributed by atoms with Crippen molar-refractivity contribution in [3.8, 4) is 0 Å². The topological polar surface area (TPSA) is 58.6 Å². The van der Waals surface area contributed by atoms with E-state index in [4.69, 9.17) is 4.74 Å². The monoisotopic (exact) mass is 243 g/mol. The summed E-state index contributed by atoms with van der Waals surface area (Å²) < 4.78 is 5.35. The van der Waals surface area contributed by atoms with Gasteiger partial charge in [-0.15, -0.1) is 0 Å². The maximum absolute atomic E-state index is 11.6. The minimum Gasteiger partial charge on any atom is -0.480 e. The Balaban J connectivity index is 2.68. The summed E-state index contributed by atoms with van der Waals surface area (Å²) in [5.41, 5.74) is -0.731. The summed E-state index contributed by atoms with van der Waals surface area (Å²) >= 11 is 0. The Kier molecular flexibility index (Phi) is 5.40. The van der Waals surface area contributed by atoms with E-state index in [9.17, 15) is 9.90 Å². The Labute approximate surface area is 104 Å². The molecule has 0 aliphatic heterocycles. The van der Waals surface area contributed by atoms with Crippen LogP contribution < -0.4 is 5.32 Å². The minimum atomic E-state index is -0.731. The van der Waals surface area contributed by atoms with Crippen LogP contribution in [0.3, 0.4) is 0 Å². The molecule has 0 amide bonds. The number of carboxylic acids is 1. The molecule has 0 aromatic rings. The number of hydrogen-bond acceptors (Lipinski definition) is 3. The third kappa shape index (κ3) is 3.42. The Bertz CT molecular complexity index is 255. The molecule has 0 aromatic carbocycles. The van der Waals surface area contributed by atoms with Crippen LogP contribution in [0.2, 0.25) is 0 Å². The van der Waals surface area contributed by atoms with E-state index >= 15 is 0 Å². The largest absolute Gasteiger partial charge is 0.480 e. The van der Waals surface area contributed by atoms with Crippen LogP contribution in [0.1, 0.15) is 46.5 Å². The fourth-order valence-electron chi connectivity index (χ4n) is 2.89. The Morgan fingerprint density at radius 2 is 2.29 bits per heavy atom. The molecule has 0 heterocycles. The molecule has 2 unspecified atom stereocenters. The van der Waals surface area contributed by atoms with Crippen LogP contribution in [0.5, 0.6) is 0 Å². The van der Waals surface area contributed by atoms with E-state index < -0.39 is 11.5 Å². The van der Waals surface area contributed by atoms with Crippen molar-refractivity contribution < 1.29 is 14.6 Å². The summed E-state index contributed by atoms with van der Waals surface area (Å²) in [5.74, 6) is -0.515. The summed E-state index contributed by atoms with van der Waals surface area (Å²) in [4.78, 5) is 11.6. The lowest BCUT2D eigenvalue weighted by Gasteiger charge is -2.34. The van der Waals surface area contributed by atoms with E-state index in [1.807, 2.05) is 20.8 Å². The molecule has 1 fully saturated rings. The summed E-state index contributed by atoms with van der Waals surface area (Å²) in [5, 5.41) is 12.8. The second-order valence-corrected chi connectivity index (χ2v) is 5.15. The molecule has 0 saturated heterocycles. The zero-order chi connectivity index (χ0) is 12.9. The summed E-state index contributed by atoms with van der Waals surface area (Å²) in [6.45, 7) is 7.33. The van der Waals surface area contributed by atoms with Gasteiger partial charge in [-0.3, -0.25) is 10.1 Å². The first-order valence-corrected chi connectivity index (χ1v) is 6.61. The molecule has 1 aliphatic carbocycles. The molecule has 1 saturated carbocycles. The van der Waals surface area contributed by atoms with E-state index in [2.05, 4.69) is 5.32 Å². The maximum atomic E-state index is 11.6.